The molecule has 0 saturated carbocycles. The Morgan fingerprint density at radius 1 is 0.923 bits per heavy atom. The largest absolute Gasteiger partial charge is 0.748 e. The molecule has 0 atom stereocenters. The summed E-state index contributed by atoms with van der Waals surface area (Å²) in [7, 11) is 0. The predicted molar refractivity (Wildman–Crippen MR) is 49.5 cm³/mol. The van der Waals surface area contributed by atoms with Gasteiger partial charge < -0.3 is 35.1 Å². The maximum atomic E-state index is 9.87. The van der Waals surface area contributed by atoms with Crippen molar-refractivity contribution in [2.45, 2.75) is 0 Å². The van der Waals surface area contributed by atoms with Gasteiger partial charge in [-0.15, -0.1) is 0 Å². The normalized spacial score (nSPS) is 7.69. The quantitative estimate of drug-likeness (QED) is 0.405. The van der Waals surface area contributed by atoms with Crippen LogP contribution in [0.3, 0.4) is 0 Å². The fourth-order valence-corrected chi connectivity index (χ4v) is 0.788. The van der Waals surface area contributed by atoms with Crippen molar-refractivity contribution in [1.82, 2.24) is 0 Å². The van der Waals surface area contributed by atoms with Gasteiger partial charge in [-0.05, 0) is 0 Å². The van der Waals surface area contributed by atoms with Crippen LogP contribution in [0.2, 0.25) is 0 Å². The van der Waals surface area contributed by atoms with Crippen molar-refractivity contribution in [3.8, 4) is 0 Å². The molecule has 0 radical (unpaired) electrons. The first-order valence-corrected chi connectivity index (χ1v) is 3.77. The van der Waals surface area contributed by atoms with Gasteiger partial charge in [0.2, 0.25) is 0 Å². The number of carbonyl (C=O) groups excluding carboxylic acids is 1. The van der Waals surface area contributed by atoms with Crippen LogP contribution in [-0.2, 0) is 17.1 Å². The zero-order valence-corrected chi connectivity index (χ0v) is 8.14. The Morgan fingerprint density at radius 3 is 1.54 bits per heavy atom. The second-order valence-electron chi connectivity index (χ2n) is 2.30. The third-order valence-electron chi connectivity index (χ3n) is 1.38. The van der Waals surface area contributed by atoms with E-state index in [9.17, 15) is 4.79 Å². The molecule has 2 rings (SSSR count). The third kappa shape index (κ3) is 5.18. The fraction of sp³-hybridized carbons (Fsp3) is 0. The van der Waals surface area contributed by atoms with Crippen molar-refractivity contribution >= 4 is 6.29 Å². The van der Waals surface area contributed by atoms with Gasteiger partial charge in [0, 0.05) is 17.1 Å². The van der Waals surface area contributed by atoms with Gasteiger partial charge in [-0.1, -0.05) is 5.56 Å². The number of carbonyl (C=O) groups is 1. The van der Waals surface area contributed by atoms with Gasteiger partial charge in [-0.2, -0.15) is 12.1 Å². The van der Waals surface area contributed by atoms with Crippen molar-refractivity contribution in [3.05, 3.63) is 60.2 Å². The maximum absolute atomic E-state index is 9.87. The molecule has 1 nitrogen and oxygen atoms in total. The van der Waals surface area contributed by atoms with Gasteiger partial charge in [0.05, 0.1) is 6.29 Å². The second-order valence-corrected chi connectivity index (χ2v) is 2.30. The topological polar surface area (TPSA) is 17.1 Å². The summed E-state index contributed by atoms with van der Waals surface area (Å²) in [4.78, 5) is 9.87. The molecule has 0 aliphatic heterocycles. The summed E-state index contributed by atoms with van der Waals surface area (Å²) in [5.41, 5.74) is 0.750. The minimum atomic E-state index is 0. The average Bonchev–Trinajstić information content (AvgIpc) is 2.81. The molecule has 0 amide bonds. The number of rotatable bonds is 1. The predicted octanol–water partition coefficient (Wildman–Crippen LogP) is 2.62. The maximum Gasteiger partial charge on any atom is 0.0949 e. The molecule has 13 heavy (non-hydrogen) atoms. The van der Waals surface area contributed by atoms with Gasteiger partial charge in [0.1, 0.15) is 0 Å². The Kier molecular flexibility index (Phi) is 6.89. The summed E-state index contributed by atoms with van der Waals surface area (Å²) in [6.07, 6.45) is 0.833. The van der Waals surface area contributed by atoms with Crippen LogP contribution in [0.5, 0.6) is 0 Å². The summed E-state index contributed by atoms with van der Waals surface area (Å²) >= 11 is 0. The van der Waals surface area contributed by atoms with E-state index in [0.29, 0.717) is 0 Å². The zero-order chi connectivity index (χ0) is 8.65. The molecule has 0 saturated heterocycles. The molecule has 0 bridgehead atoms. The van der Waals surface area contributed by atoms with Crippen LogP contribution < -0.4 is 0 Å². The Labute approximate surface area is 88.6 Å². The van der Waals surface area contributed by atoms with Crippen molar-refractivity contribution in [3.63, 3.8) is 0 Å². The first-order chi connectivity index (χ1) is 5.93. The fourth-order valence-electron chi connectivity index (χ4n) is 0.788. The van der Waals surface area contributed by atoms with E-state index in [0.717, 1.165) is 11.8 Å². The van der Waals surface area contributed by atoms with Gasteiger partial charge in [-0.3, -0.25) is 0 Å². The molecular formula is C11H10FeO-6. The van der Waals surface area contributed by atoms with E-state index in [4.69, 9.17) is 0 Å². The summed E-state index contributed by atoms with van der Waals surface area (Å²) in [6, 6.07) is 17.2. The Hall–Kier alpha value is -1.11. The molecule has 74 valence electrons. The molecule has 2 heteroatoms. The summed E-state index contributed by atoms with van der Waals surface area (Å²) in [5.74, 6) is 0. The van der Waals surface area contributed by atoms with Crippen LogP contribution in [0.25, 0.3) is 0 Å². The van der Waals surface area contributed by atoms with Crippen LogP contribution >= 0.6 is 0 Å². The van der Waals surface area contributed by atoms with E-state index in [2.05, 4.69) is 0 Å². The molecule has 0 aromatic heterocycles. The molecule has 0 fully saturated rings. The van der Waals surface area contributed by atoms with E-state index < -0.39 is 0 Å². The smallest absolute Gasteiger partial charge is 0.0949 e. The molecule has 0 heterocycles. The first kappa shape index (κ1) is 11.9. The summed E-state index contributed by atoms with van der Waals surface area (Å²) < 4.78 is 0. The van der Waals surface area contributed by atoms with Gasteiger partial charge in [0.15, 0.2) is 0 Å². The van der Waals surface area contributed by atoms with Crippen LogP contribution in [0.15, 0.2) is 54.6 Å². The van der Waals surface area contributed by atoms with E-state index in [1.807, 2.05) is 42.5 Å². The van der Waals surface area contributed by atoms with Gasteiger partial charge in [0.25, 0.3) is 0 Å². The molecule has 0 spiro atoms. The van der Waals surface area contributed by atoms with Gasteiger partial charge >= 0.3 is 0 Å². The number of aldehydes is 1. The van der Waals surface area contributed by atoms with Crippen LogP contribution in [0.1, 0.15) is 10.4 Å². The van der Waals surface area contributed by atoms with Crippen LogP contribution in [0.4, 0.5) is 0 Å². The molecule has 2 aromatic carbocycles. The SMILES string of the molecule is O=C[c-]1cccc1.[Fe].[cH-]1[cH-][cH-][cH-][cH-]1. The molecule has 0 aliphatic carbocycles. The van der Waals surface area contributed by atoms with Gasteiger partial charge in [-0.25, -0.2) is 12.1 Å². The molecule has 2 aromatic rings. The van der Waals surface area contributed by atoms with E-state index in [1.165, 1.54) is 0 Å². The standard InChI is InChI=1S/C6H5O.C5H5.Fe/c7-5-6-3-1-2-4-6;1-2-4-5-3-1;/h1-5H;1-5H;/q-1;-5;. The third-order valence-corrected chi connectivity index (χ3v) is 1.38. The molecular weight excluding hydrogens is 204 g/mol. The van der Waals surface area contributed by atoms with E-state index >= 15 is 0 Å². The molecule has 0 aliphatic rings. The molecule has 0 unspecified atom stereocenters. The van der Waals surface area contributed by atoms with Crippen molar-refractivity contribution in [1.29, 1.82) is 0 Å². The van der Waals surface area contributed by atoms with Crippen molar-refractivity contribution < 1.29 is 21.9 Å². The monoisotopic (exact) mass is 214 g/mol. The Morgan fingerprint density at radius 2 is 1.31 bits per heavy atom. The second kappa shape index (κ2) is 7.53. The minimum absolute atomic E-state index is 0. The summed E-state index contributed by atoms with van der Waals surface area (Å²) in [6.45, 7) is 0. The minimum Gasteiger partial charge on any atom is -0.748 e. The zero-order valence-electron chi connectivity index (χ0n) is 7.04. The Balaban J connectivity index is 0.000000215. The first-order valence-electron chi connectivity index (χ1n) is 3.77. The van der Waals surface area contributed by atoms with E-state index in [-0.39, 0.29) is 17.1 Å². The van der Waals surface area contributed by atoms with Crippen molar-refractivity contribution in [2.75, 3.05) is 0 Å². The molecule has 0 N–H and O–H groups in total. The number of hydrogen-bond acceptors (Lipinski definition) is 1. The summed E-state index contributed by atoms with van der Waals surface area (Å²) in [5, 5.41) is 0. The van der Waals surface area contributed by atoms with Crippen molar-refractivity contribution in [2.24, 2.45) is 0 Å². The Bertz CT molecular complexity index is 265. The number of hydrogen-bond donors (Lipinski definition) is 0. The van der Waals surface area contributed by atoms with E-state index in [1.54, 1.807) is 12.1 Å². The van der Waals surface area contributed by atoms with Crippen LogP contribution in [-0.4, -0.2) is 6.29 Å². The van der Waals surface area contributed by atoms with Crippen LogP contribution in [0, 0.1) is 0 Å². The average molecular weight is 214 g/mol.